The molecule has 2 atom stereocenters. The highest BCUT2D eigenvalue weighted by Gasteiger charge is 2.41. The van der Waals surface area contributed by atoms with Crippen molar-refractivity contribution >= 4 is 11.9 Å². The van der Waals surface area contributed by atoms with Gasteiger partial charge < -0.3 is 15.1 Å². The second-order valence-electron chi connectivity index (χ2n) is 8.13. The van der Waals surface area contributed by atoms with Gasteiger partial charge in [-0.25, -0.2) is 9.59 Å². The van der Waals surface area contributed by atoms with Crippen molar-refractivity contribution in [3.63, 3.8) is 0 Å². The Bertz CT molecular complexity index is 863. The van der Waals surface area contributed by atoms with Crippen molar-refractivity contribution in [2.45, 2.75) is 19.3 Å². The number of carbonyl (C=O) groups is 2. The summed E-state index contributed by atoms with van der Waals surface area (Å²) in [5, 5.41) is 15.6. The van der Waals surface area contributed by atoms with Crippen LogP contribution in [0.15, 0.2) is 84.1 Å². The Morgan fingerprint density at radius 2 is 1.73 bits per heavy atom. The number of carboxylic acids is 2. The van der Waals surface area contributed by atoms with E-state index in [1.54, 1.807) is 5.57 Å². The highest BCUT2D eigenvalue weighted by molar-refractivity contribution is 5.89. The molecule has 0 saturated carbocycles. The SMILES string of the molecule is CN1CCC(C2C=CC=C3C=CC=CC34CC=CC=C24)CC1.O=C(O)C=CC(=O)O. The van der Waals surface area contributed by atoms with Gasteiger partial charge in [-0.1, -0.05) is 60.8 Å². The van der Waals surface area contributed by atoms with E-state index in [-0.39, 0.29) is 5.41 Å². The lowest BCUT2D eigenvalue weighted by Gasteiger charge is -2.43. The van der Waals surface area contributed by atoms with Gasteiger partial charge in [-0.2, -0.15) is 0 Å². The van der Waals surface area contributed by atoms with Crippen molar-refractivity contribution in [2.75, 3.05) is 20.1 Å². The third-order valence-corrected chi connectivity index (χ3v) is 6.24. The van der Waals surface area contributed by atoms with Crippen LogP contribution in [0.4, 0.5) is 0 Å². The fraction of sp³-hybridized carbons (Fsp3) is 0.360. The molecule has 0 bridgehead atoms. The van der Waals surface area contributed by atoms with E-state index in [0.29, 0.717) is 18.1 Å². The molecule has 0 aromatic carbocycles. The summed E-state index contributed by atoms with van der Waals surface area (Å²) in [7, 11) is 2.25. The van der Waals surface area contributed by atoms with Gasteiger partial charge in [0.2, 0.25) is 0 Å². The van der Waals surface area contributed by atoms with Gasteiger partial charge in [-0.05, 0) is 56.5 Å². The molecule has 4 rings (SSSR count). The molecule has 1 heterocycles. The van der Waals surface area contributed by atoms with Crippen LogP contribution < -0.4 is 0 Å². The molecule has 1 spiro atoms. The minimum Gasteiger partial charge on any atom is -0.478 e. The van der Waals surface area contributed by atoms with Crippen LogP contribution in [-0.4, -0.2) is 47.2 Å². The number of carboxylic acid groups (broad SMARTS) is 2. The second kappa shape index (κ2) is 9.72. The summed E-state index contributed by atoms with van der Waals surface area (Å²) in [5.74, 6) is -1.14. The van der Waals surface area contributed by atoms with Crippen LogP contribution in [0, 0.1) is 17.3 Å². The fourth-order valence-corrected chi connectivity index (χ4v) is 4.70. The van der Waals surface area contributed by atoms with Crippen LogP contribution in [0.25, 0.3) is 0 Å². The molecule has 1 saturated heterocycles. The molecule has 2 N–H and O–H groups in total. The van der Waals surface area contributed by atoms with E-state index in [1.165, 1.54) is 31.5 Å². The maximum absolute atomic E-state index is 9.55. The van der Waals surface area contributed by atoms with Crippen molar-refractivity contribution in [3.8, 4) is 0 Å². The zero-order chi connectivity index (χ0) is 21.6. The number of nitrogens with zero attached hydrogens (tertiary/aromatic N) is 1. The Morgan fingerprint density at radius 3 is 2.40 bits per heavy atom. The molecule has 2 unspecified atom stereocenters. The average molecular weight is 408 g/mol. The first-order chi connectivity index (χ1) is 14.4. The van der Waals surface area contributed by atoms with E-state index >= 15 is 0 Å². The van der Waals surface area contributed by atoms with Gasteiger partial charge in [0.25, 0.3) is 0 Å². The largest absolute Gasteiger partial charge is 0.478 e. The summed E-state index contributed by atoms with van der Waals surface area (Å²) < 4.78 is 0. The molecular formula is C25H29NO4. The molecule has 5 nitrogen and oxygen atoms in total. The number of allylic oxidation sites excluding steroid dienone is 12. The lowest BCUT2D eigenvalue weighted by Crippen LogP contribution is -2.36. The van der Waals surface area contributed by atoms with Gasteiger partial charge in [0.05, 0.1) is 0 Å². The number of aliphatic carboxylic acids is 2. The van der Waals surface area contributed by atoms with Gasteiger partial charge >= 0.3 is 11.9 Å². The van der Waals surface area contributed by atoms with Gasteiger partial charge in [-0.15, -0.1) is 0 Å². The molecule has 3 aliphatic carbocycles. The zero-order valence-corrected chi connectivity index (χ0v) is 17.3. The predicted octanol–water partition coefficient (Wildman–Crippen LogP) is 4.15. The normalized spacial score (nSPS) is 28.0. The first-order valence-corrected chi connectivity index (χ1v) is 10.4. The molecule has 0 radical (unpaired) electrons. The summed E-state index contributed by atoms with van der Waals surface area (Å²) >= 11 is 0. The first-order valence-electron chi connectivity index (χ1n) is 10.4. The van der Waals surface area contributed by atoms with Crippen molar-refractivity contribution in [3.05, 3.63) is 84.1 Å². The fourth-order valence-electron chi connectivity index (χ4n) is 4.70. The Labute approximate surface area is 177 Å². The molecule has 0 aromatic heterocycles. The van der Waals surface area contributed by atoms with Gasteiger partial charge in [0.1, 0.15) is 0 Å². The first kappa shape index (κ1) is 21.8. The molecule has 0 aromatic rings. The van der Waals surface area contributed by atoms with Gasteiger partial charge in [-0.3, -0.25) is 0 Å². The summed E-state index contributed by atoms with van der Waals surface area (Å²) in [6, 6.07) is 0. The number of hydrogen-bond acceptors (Lipinski definition) is 3. The van der Waals surface area contributed by atoms with Crippen LogP contribution in [0.5, 0.6) is 0 Å². The van der Waals surface area contributed by atoms with E-state index in [9.17, 15) is 9.59 Å². The van der Waals surface area contributed by atoms with E-state index < -0.39 is 11.9 Å². The quantitative estimate of drug-likeness (QED) is 0.687. The van der Waals surface area contributed by atoms with Crippen molar-refractivity contribution in [2.24, 2.45) is 17.3 Å². The lowest BCUT2D eigenvalue weighted by atomic mass is 9.62. The topological polar surface area (TPSA) is 77.8 Å². The van der Waals surface area contributed by atoms with E-state index in [4.69, 9.17) is 10.2 Å². The Balaban J connectivity index is 0.000000275. The van der Waals surface area contributed by atoms with Crippen molar-refractivity contribution < 1.29 is 19.8 Å². The van der Waals surface area contributed by atoms with E-state index in [2.05, 4.69) is 72.7 Å². The standard InChI is InChI=1S/C21H25N.C4H4O4/c1-22-15-11-17(12-16-22)19-9-6-8-18-7-2-4-13-21(18)14-5-3-10-20(19)21;5-3(6)1-2-4(7)8/h2-10,13,17,19H,11-12,14-16H2,1H3;1-2H,(H,5,6)(H,7,8). The monoisotopic (exact) mass is 407 g/mol. The van der Waals surface area contributed by atoms with Crippen LogP contribution in [0.2, 0.25) is 0 Å². The van der Waals surface area contributed by atoms with E-state index in [1.807, 2.05) is 0 Å². The average Bonchev–Trinajstić information content (AvgIpc) is 2.90. The molecule has 5 heteroatoms. The van der Waals surface area contributed by atoms with Crippen molar-refractivity contribution in [1.82, 2.24) is 4.90 Å². The summed E-state index contributed by atoms with van der Waals surface area (Å²) in [6.07, 6.45) is 28.1. The minimum absolute atomic E-state index is 0.112. The summed E-state index contributed by atoms with van der Waals surface area (Å²) in [5.41, 5.74) is 3.18. The van der Waals surface area contributed by atoms with Crippen LogP contribution in [-0.2, 0) is 9.59 Å². The zero-order valence-electron chi connectivity index (χ0n) is 17.3. The molecule has 30 heavy (non-hydrogen) atoms. The van der Waals surface area contributed by atoms with Crippen molar-refractivity contribution in [1.29, 1.82) is 0 Å². The smallest absolute Gasteiger partial charge is 0.328 e. The highest BCUT2D eigenvalue weighted by Crippen LogP contribution is 2.52. The maximum atomic E-state index is 9.55. The molecule has 4 aliphatic rings. The van der Waals surface area contributed by atoms with Crippen LogP contribution in [0.3, 0.4) is 0 Å². The third-order valence-electron chi connectivity index (χ3n) is 6.24. The number of hydrogen-bond donors (Lipinski definition) is 2. The summed E-state index contributed by atoms with van der Waals surface area (Å²) in [4.78, 5) is 21.6. The van der Waals surface area contributed by atoms with Gasteiger partial charge in [0.15, 0.2) is 0 Å². The molecule has 0 amide bonds. The highest BCUT2D eigenvalue weighted by atomic mass is 16.4. The Kier molecular flexibility index (Phi) is 7.06. The number of piperidine rings is 1. The van der Waals surface area contributed by atoms with E-state index in [0.717, 1.165) is 12.3 Å². The van der Waals surface area contributed by atoms with Gasteiger partial charge in [0, 0.05) is 23.5 Å². The summed E-state index contributed by atoms with van der Waals surface area (Å²) in [6.45, 7) is 2.47. The number of likely N-dealkylation sites (tertiary alicyclic amines) is 1. The lowest BCUT2D eigenvalue weighted by molar-refractivity contribution is -0.134. The molecule has 158 valence electrons. The Hall–Kier alpha value is -2.92. The van der Waals surface area contributed by atoms with Crippen LogP contribution in [0.1, 0.15) is 19.3 Å². The number of rotatable bonds is 3. The molecular weight excluding hydrogens is 378 g/mol. The second-order valence-corrected chi connectivity index (χ2v) is 8.13. The minimum atomic E-state index is -1.26. The molecule has 1 fully saturated rings. The molecule has 1 aliphatic heterocycles. The predicted molar refractivity (Wildman–Crippen MR) is 118 cm³/mol. The maximum Gasteiger partial charge on any atom is 0.328 e. The Morgan fingerprint density at radius 1 is 1.03 bits per heavy atom. The van der Waals surface area contributed by atoms with Crippen LogP contribution >= 0.6 is 0 Å². The third kappa shape index (κ3) is 4.97.